The molecule has 0 saturated carbocycles. The Hall–Kier alpha value is -1.41. The molecule has 0 aromatic heterocycles. The summed E-state index contributed by atoms with van der Waals surface area (Å²) in [6, 6.07) is 13.1. The molecule has 0 fully saturated rings. The summed E-state index contributed by atoms with van der Waals surface area (Å²) < 4.78 is 27.1. The summed E-state index contributed by atoms with van der Waals surface area (Å²) >= 11 is 9.14. The number of nitrogens with one attached hydrogen (secondary N) is 2. The number of rotatable bonds is 5. The van der Waals surface area contributed by atoms with E-state index in [2.05, 4.69) is 26.0 Å². The Morgan fingerprint density at radius 2 is 1.73 bits per heavy atom. The summed E-state index contributed by atoms with van der Waals surface area (Å²) in [5, 5.41) is 2.70. The highest BCUT2D eigenvalue weighted by Crippen LogP contribution is 2.21. The zero-order chi connectivity index (χ0) is 16.2. The Morgan fingerprint density at radius 1 is 1.09 bits per heavy atom. The van der Waals surface area contributed by atoms with Gasteiger partial charge < -0.3 is 5.32 Å². The monoisotopic (exact) mass is 402 g/mol. The van der Waals surface area contributed by atoms with Crippen LogP contribution in [0.1, 0.15) is 0 Å². The van der Waals surface area contributed by atoms with E-state index >= 15 is 0 Å². The van der Waals surface area contributed by atoms with Crippen LogP contribution >= 0.6 is 27.5 Å². The summed E-state index contributed by atoms with van der Waals surface area (Å²) in [6.45, 7) is -0.394. The largest absolute Gasteiger partial charge is 0.324 e. The van der Waals surface area contributed by atoms with Gasteiger partial charge in [0.25, 0.3) is 0 Å². The lowest BCUT2D eigenvalue weighted by Gasteiger charge is -2.09. The first-order valence-electron chi connectivity index (χ1n) is 6.19. The number of sulfonamides is 1. The number of hydrogen-bond donors (Lipinski definition) is 2. The molecule has 0 saturated heterocycles. The SMILES string of the molecule is O=C(CNS(=O)(=O)c1ccccc1Cl)Nc1ccccc1Br. The molecule has 0 aliphatic rings. The van der Waals surface area contributed by atoms with Gasteiger partial charge in [0.15, 0.2) is 0 Å². The second kappa shape index (κ2) is 7.23. The van der Waals surface area contributed by atoms with E-state index < -0.39 is 22.5 Å². The maximum atomic E-state index is 12.1. The van der Waals surface area contributed by atoms with E-state index in [9.17, 15) is 13.2 Å². The van der Waals surface area contributed by atoms with Crippen molar-refractivity contribution in [3.8, 4) is 0 Å². The van der Waals surface area contributed by atoms with Gasteiger partial charge >= 0.3 is 0 Å². The number of benzene rings is 2. The average molecular weight is 404 g/mol. The van der Waals surface area contributed by atoms with E-state index in [1.165, 1.54) is 12.1 Å². The number of hydrogen-bond acceptors (Lipinski definition) is 3. The number of amides is 1. The summed E-state index contributed by atoms with van der Waals surface area (Å²) in [4.78, 5) is 11.8. The summed E-state index contributed by atoms with van der Waals surface area (Å²) in [5.41, 5.74) is 0.560. The molecule has 22 heavy (non-hydrogen) atoms. The molecule has 5 nitrogen and oxygen atoms in total. The fourth-order valence-electron chi connectivity index (χ4n) is 1.66. The summed E-state index contributed by atoms with van der Waals surface area (Å²) in [6.07, 6.45) is 0. The normalized spacial score (nSPS) is 11.2. The minimum absolute atomic E-state index is 0.0645. The Morgan fingerprint density at radius 3 is 2.41 bits per heavy atom. The molecule has 0 atom stereocenters. The molecule has 2 N–H and O–H groups in total. The summed E-state index contributed by atoms with van der Waals surface area (Å²) in [7, 11) is -3.84. The van der Waals surface area contributed by atoms with Gasteiger partial charge in [0.05, 0.1) is 17.3 Å². The van der Waals surface area contributed by atoms with Crippen LogP contribution in [-0.4, -0.2) is 20.9 Å². The van der Waals surface area contributed by atoms with Crippen LogP contribution in [0.3, 0.4) is 0 Å². The Labute approximate surface area is 141 Å². The van der Waals surface area contributed by atoms with Crippen LogP contribution in [0.25, 0.3) is 0 Å². The maximum Gasteiger partial charge on any atom is 0.242 e. The molecule has 0 heterocycles. The molecule has 0 aliphatic carbocycles. The van der Waals surface area contributed by atoms with E-state index in [0.29, 0.717) is 10.2 Å². The Bertz CT molecular complexity index is 796. The van der Waals surface area contributed by atoms with Gasteiger partial charge in [-0.2, -0.15) is 0 Å². The highest BCUT2D eigenvalue weighted by atomic mass is 79.9. The van der Waals surface area contributed by atoms with Crippen molar-refractivity contribution in [2.24, 2.45) is 0 Å². The standard InChI is InChI=1S/C14H12BrClN2O3S/c15-10-5-1-3-7-12(10)18-14(19)9-17-22(20,21)13-8-4-2-6-11(13)16/h1-8,17H,9H2,(H,18,19). The predicted octanol–water partition coefficient (Wildman–Crippen LogP) is 3.02. The third-order valence-electron chi connectivity index (χ3n) is 2.70. The van der Waals surface area contributed by atoms with Gasteiger partial charge in [-0.3, -0.25) is 4.79 Å². The van der Waals surface area contributed by atoms with E-state index in [-0.39, 0.29) is 9.92 Å². The van der Waals surface area contributed by atoms with Crippen LogP contribution in [0.2, 0.25) is 5.02 Å². The van der Waals surface area contributed by atoms with Gasteiger partial charge in [-0.25, -0.2) is 13.1 Å². The van der Waals surface area contributed by atoms with E-state index in [1.54, 1.807) is 36.4 Å². The van der Waals surface area contributed by atoms with Gasteiger partial charge in [0, 0.05) is 4.47 Å². The summed E-state index contributed by atoms with van der Waals surface area (Å²) in [5.74, 6) is -0.484. The van der Waals surface area contributed by atoms with Gasteiger partial charge in [-0.1, -0.05) is 35.9 Å². The number of halogens is 2. The molecule has 2 rings (SSSR count). The van der Waals surface area contributed by atoms with Crippen molar-refractivity contribution in [1.82, 2.24) is 4.72 Å². The fraction of sp³-hybridized carbons (Fsp3) is 0.0714. The lowest BCUT2D eigenvalue weighted by atomic mass is 10.3. The zero-order valence-electron chi connectivity index (χ0n) is 11.2. The number of carbonyl (C=O) groups is 1. The van der Waals surface area contributed by atoms with Crippen LogP contribution < -0.4 is 10.0 Å². The molecule has 0 bridgehead atoms. The minimum Gasteiger partial charge on any atom is -0.324 e. The van der Waals surface area contributed by atoms with Crippen LogP contribution in [-0.2, 0) is 14.8 Å². The third-order valence-corrected chi connectivity index (χ3v) is 5.29. The predicted molar refractivity (Wildman–Crippen MR) is 89.4 cm³/mol. The first-order valence-corrected chi connectivity index (χ1v) is 8.84. The van der Waals surface area contributed by atoms with Gasteiger partial charge in [0.2, 0.25) is 15.9 Å². The molecule has 0 radical (unpaired) electrons. The maximum absolute atomic E-state index is 12.1. The molecule has 1 amide bonds. The van der Waals surface area contributed by atoms with Crippen molar-refractivity contribution in [2.75, 3.05) is 11.9 Å². The highest BCUT2D eigenvalue weighted by molar-refractivity contribution is 9.10. The molecular formula is C14H12BrClN2O3S. The fourth-order valence-corrected chi connectivity index (χ4v) is 3.54. The second-order valence-electron chi connectivity index (χ2n) is 4.28. The van der Waals surface area contributed by atoms with Gasteiger partial charge in [-0.15, -0.1) is 0 Å². The molecular weight excluding hydrogens is 392 g/mol. The Kier molecular flexibility index (Phi) is 5.57. The van der Waals surface area contributed by atoms with Crippen molar-refractivity contribution in [3.05, 3.63) is 58.0 Å². The molecule has 8 heteroatoms. The highest BCUT2D eigenvalue weighted by Gasteiger charge is 2.18. The smallest absolute Gasteiger partial charge is 0.242 e. The zero-order valence-corrected chi connectivity index (χ0v) is 14.4. The molecule has 0 spiro atoms. The van der Waals surface area contributed by atoms with Crippen LogP contribution in [0, 0.1) is 0 Å². The van der Waals surface area contributed by atoms with Gasteiger partial charge in [-0.05, 0) is 40.2 Å². The first-order chi connectivity index (χ1) is 10.4. The van der Waals surface area contributed by atoms with E-state index in [1.807, 2.05) is 0 Å². The third kappa shape index (κ3) is 4.30. The second-order valence-corrected chi connectivity index (χ2v) is 7.28. The van der Waals surface area contributed by atoms with Crippen LogP contribution in [0.15, 0.2) is 57.9 Å². The van der Waals surface area contributed by atoms with Crippen LogP contribution in [0.5, 0.6) is 0 Å². The quantitative estimate of drug-likeness (QED) is 0.806. The van der Waals surface area contributed by atoms with Crippen molar-refractivity contribution in [1.29, 1.82) is 0 Å². The van der Waals surface area contributed by atoms with Crippen molar-refractivity contribution in [2.45, 2.75) is 4.90 Å². The van der Waals surface area contributed by atoms with Crippen molar-refractivity contribution >= 4 is 49.1 Å². The average Bonchev–Trinajstić information content (AvgIpc) is 2.48. The number of carbonyl (C=O) groups excluding carboxylic acids is 1. The van der Waals surface area contributed by atoms with Crippen molar-refractivity contribution in [3.63, 3.8) is 0 Å². The lowest BCUT2D eigenvalue weighted by Crippen LogP contribution is -2.33. The van der Waals surface area contributed by atoms with Gasteiger partial charge in [0.1, 0.15) is 4.90 Å². The van der Waals surface area contributed by atoms with Crippen LogP contribution in [0.4, 0.5) is 5.69 Å². The number of anilines is 1. The Balaban J connectivity index is 2.02. The number of para-hydroxylation sites is 1. The lowest BCUT2D eigenvalue weighted by molar-refractivity contribution is -0.115. The van der Waals surface area contributed by atoms with E-state index in [4.69, 9.17) is 11.6 Å². The molecule has 116 valence electrons. The molecule has 0 unspecified atom stereocenters. The van der Waals surface area contributed by atoms with Crippen molar-refractivity contribution < 1.29 is 13.2 Å². The minimum atomic E-state index is -3.84. The van der Waals surface area contributed by atoms with E-state index in [0.717, 1.165) is 0 Å². The molecule has 2 aromatic carbocycles. The molecule has 2 aromatic rings. The molecule has 0 aliphatic heterocycles. The topological polar surface area (TPSA) is 75.3 Å². The first kappa shape index (κ1) is 17.0.